The van der Waals surface area contributed by atoms with E-state index in [0.717, 1.165) is 12.1 Å². The molecule has 0 radical (unpaired) electrons. The van der Waals surface area contributed by atoms with E-state index in [-0.39, 0.29) is 0 Å². The minimum absolute atomic E-state index is 0.356. The van der Waals surface area contributed by atoms with Gasteiger partial charge in [-0.05, 0) is 11.5 Å². The lowest BCUT2D eigenvalue weighted by molar-refractivity contribution is 0.490. The van der Waals surface area contributed by atoms with Crippen molar-refractivity contribution < 1.29 is 0 Å². The standard InChI is InChI=1S/C14H18N2S/c1-3-10(2)13(11-7-5-4-6-8-11)12-9-17-14(15)16-12/h4-10,13H,3H2,1-2H3,(H2,15,16). The number of anilines is 1. The van der Waals surface area contributed by atoms with Crippen LogP contribution in [0.3, 0.4) is 0 Å². The molecule has 0 saturated heterocycles. The second-order valence-electron chi connectivity index (χ2n) is 4.38. The molecule has 0 amide bonds. The van der Waals surface area contributed by atoms with Crippen LogP contribution in [0.4, 0.5) is 5.13 Å². The maximum Gasteiger partial charge on any atom is 0.180 e. The highest BCUT2D eigenvalue weighted by molar-refractivity contribution is 7.13. The number of thiazole rings is 1. The van der Waals surface area contributed by atoms with E-state index in [2.05, 4.69) is 48.5 Å². The fourth-order valence-corrected chi connectivity index (χ4v) is 2.73. The van der Waals surface area contributed by atoms with E-state index in [4.69, 9.17) is 5.73 Å². The molecule has 0 aliphatic carbocycles. The van der Waals surface area contributed by atoms with Crippen LogP contribution in [0.25, 0.3) is 0 Å². The average Bonchev–Trinajstić information content (AvgIpc) is 2.77. The zero-order valence-electron chi connectivity index (χ0n) is 10.3. The van der Waals surface area contributed by atoms with E-state index >= 15 is 0 Å². The van der Waals surface area contributed by atoms with Crippen LogP contribution >= 0.6 is 11.3 Å². The van der Waals surface area contributed by atoms with Crippen LogP contribution in [0.5, 0.6) is 0 Å². The molecule has 0 aliphatic heterocycles. The first kappa shape index (κ1) is 12.1. The van der Waals surface area contributed by atoms with Crippen molar-refractivity contribution in [2.75, 3.05) is 5.73 Å². The molecule has 1 aromatic heterocycles. The van der Waals surface area contributed by atoms with Crippen molar-refractivity contribution in [3.8, 4) is 0 Å². The summed E-state index contributed by atoms with van der Waals surface area (Å²) in [5.41, 5.74) is 8.17. The molecule has 0 bridgehead atoms. The van der Waals surface area contributed by atoms with Crippen molar-refractivity contribution >= 4 is 16.5 Å². The third kappa shape index (κ3) is 2.67. The van der Waals surface area contributed by atoms with Gasteiger partial charge in [-0.15, -0.1) is 11.3 Å². The van der Waals surface area contributed by atoms with Crippen molar-refractivity contribution in [3.63, 3.8) is 0 Å². The zero-order chi connectivity index (χ0) is 12.3. The third-order valence-corrected chi connectivity index (χ3v) is 3.92. The van der Waals surface area contributed by atoms with Crippen molar-refractivity contribution in [1.82, 2.24) is 4.98 Å². The molecule has 2 nitrogen and oxygen atoms in total. The Balaban J connectivity index is 2.39. The largest absolute Gasteiger partial charge is 0.375 e. The molecule has 3 heteroatoms. The van der Waals surface area contributed by atoms with Gasteiger partial charge >= 0.3 is 0 Å². The smallest absolute Gasteiger partial charge is 0.180 e. The summed E-state index contributed by atoms with van der Waals surface area (Å²) in [6.45, 7) is 4.49. The third-order valence-electron chi connectivity index (χ3n) is 3.23. The highest BCUT2D eigenvalue weighted by atomic mass is 32.1. The summed E-state index contributed by atoms with van der Waals surface area (Å²) in [7, 11) is 0. The van der Waals surface area contributed by atoms with E-state index in [1.54, 1.807) is 0 Å². The second kappa shape index (κ2) is 5.32. The van der Waals surface area contributed by atoms with Crippen LogP contribution < -0.4 is 5.73 Å². The Bertz CT molecular complexity index is 464. The van der Waals surface area contributed by atoms with Crippen LogP contribution in [0, 0.1) is 5.92 Å². The molecule has 0 spiro atoms. The van der Waals surface area contributed by atoms with E-state index in [1.807, 2.05) is 6.07 Å². The molecule has 2 atom stereocenters. The molecule has 0 aliphatic rings. The number of nitrogens with two attached hydrogens (primary N) is 1. The number of hydrogen-bond acceptors (Lipinski definition) is 3. The minimum Gasteiger partial charge on any atom is -0.375 e. The predicted molar refractivity (Wildman–Crippen MR) is 74.3 cm³/mol. The fourth-order valence-electron chi connectivity index (χ4n) is 2.13. The van der Waals surface area contributed by atoms with E-state index < -0.39 is 0 Å². The van der Waals surface area contributed by atoms with Gasteiger partial charge in [0.1, 0.15) is 0 Å². The van der Waals surface area contributed by atoms with Crippen LogP contribution in [-0.2, 0) is 0 Å². The number of aromatic nitrogens is 1. The second-order valence-corrected chi connectivity index (χ2v) is 5.27. The van der Waals surface area contributed by atoms with Gasteiger partial charge in [-0.2, -0.15) is 0 Å². The summed E-state index contributed by atoms with van der Waals surface area (Å²) >= 11 is 1.52. The maximum absolute atomic E-state index is 5.74. The molecular weight excluding hydrogens is 228 g/mol. The molecule has 90 valence electrons. The lowest BCUT2D eigenvalue weighted by Gasteiger charge is -2.21. The predicted octanol–water partition coefficient (Wildman–Crippen LogP) is 3.90. The van der Waals surface area contributed by atoms with Gasteiger partial charge in [-0.25, -0.2) is 4.98 Å². The molecule has 2 unspecified atom stereocenters. The number of hydrogen-bond donors (Lipinski definition) is 1. The van der Waals surface area contributed by atoms with Crippen LogP contribution in [0.15, 0.2) is 35.7 Å². The van der Waals surface area contributed by atoms with Gasteiger partial charge < -0.3 is 5.73 Å². The Hall–Kier alpha value is -1.35. The van der Waals surface area contributed by atoms with Gasteiger partial charge in [0.15, 0.2) is 5.13 Å². The summed E-state index contributed by atoms with van der Waals surface area (Å²) in [5.74, 6) is 0.925. The molecular formula is C14H18N2S. The average molecular weight is 246 g/mol. The van der Waals surface area contributed by atoms with Crippen LogP contribution in [-0.4, -0.2) is 4.98 Å². The molecule has 2 N–H and O–H groups in total. The van der Waals surface area contributed by atoms with Crippen molar-refractivity contribution in [1.29, 1.82) is 0 Å². The zero-order valence-corrected chi connectivity index (χ0v) is 11.1. The molecule has 0 fully saturated rings. The Morgan fingerprint density at radius 1 is 1.29 bits per heavy atom. The van der Waals surface area contributed by atoms with Gasteiger partial charge in [-0.3, -0.25) is 0 Å². The Kier molecular flexibility index (Phi) is 3.79. The number of nitrogen functional groups attached to an aromatic ring is 1. The molecule has 2 aromatic rings. The lowest BCUT2D eigenvalue weighted by Crippen LogP contribution is -2.11. The summed E-state index contributed by atoms with van der Waals surface area (Å²) in [6, 6.07) is 10.6. The first-order valence-corrected chi connectivity index (χ1v) is 6.86. The molecule has 0 saturated carbocycles. The maximum atomic E-state index is 5.74. The SMILES string of the molecule is CCC(C)C(c1ccccc1)c1csc(N)n1. The van der Waals surface area contributed by atoms with Gasteiger partial charge in [0.2, 0.25) is 0 Å². The Morgan fingerprint density at radius 3 is 2.53 bits per heavy atom. The van der Waals surface area contributed by atoms with Gasteiger partial charge in [0.05, 0.1) is 5.69 Å². The summed E-state index contributed by atoms with van der Waals surface area (Å²) < 4.78 is 0. The normalized spacial score (nSPS) is 14.5. The lowest BCUT2D eigenvalue weighted by atomic mass is 9.84. The minimum atomic E-state index is 0.356. The Labute approximate surface area is 107 Å². The first-order valence-electron chi connectivity index (χ1n) is 5.98. The molecule has 17 heavy (non-hydrogen) atoms. The highest BCUT2D eigenvalue weighted by Crippen LogP contribution is 2.34. The monoisotopic (exact) mass is 246 g/mol. The van der Waals surface area contributed by atoms with E-state index in [0.29, 0.717) is 17.0 Å². The van der Waals surface area contributed by atoms with Gasteiger partial charge in [-0.1, -0.05) is 50.6 Å². The first-order chi connectivity index (χ1) is 8.22. The summed E-state index contributed by atoms with van der Waals surface area (Å²) in [5, 5.41) is 2.74. The summed E-state index contributed by atoms with van der Waals surface area (Å²) in [6.07, 6.45) is 1.14. The number of rotatable bonds is 4. The number of benzene rings is 1. The molecule has 1 aromatic carbocycles. The van der Waals surface area contributed by atoms with E-state index in [1.165, 1.54) is 16.9 Å². The van der Waals surface area contributed by atoms with Gasteiger partial charge in [0.25, 0.3) is 0 Å². The van der Waals surface area contributed by atoms with Crippen LogP contribution in [0.1, 0.15) is 37.4 Å². The quantitative estimate of drug-likeness (QED) is 0.888. The molecule has 2 rings (SSSR count). The summed E-state index contributed by atoms with van der Waals surface area (Å²) in [4.78, 5) is 4.45. The molecule has 1 heterocycles. The van der Waals surface area contributed by atoms with Crippen molar-refractivity contribution in [2.24, 2.45) is 5.92 Å². The Morgan fingerprint density at radius 2 is 2.00 bits per heavy atom. The van der Waals surface area contributed by atoms with E-state index in [9.17, 15) is 0 Å². The number of nitrogens with zero attached hydrogens (tertiary/aromatic N) is 1. The van der Waals surface area contributed by atoms with Crippen LogP contribution in [0.2, 0.25) is 0 Å². The highest BCUT2D eigenvalue weighted by Gasteiger charge is 2.22. The topological polar surface area (TPSA) is 38.9 Å². The fraction of sp³-hybridized carbons (Fsp3) is 0.357. The van der Waals surface area contributed by atoms with Crippen molar-refractivity contribution in [3.05, 3.63) is 47.0 Å². The van der Waals surface area contributed by atoms with Gasteiger partial charge in [0, 0.05) is 11.3 Å². The van der Waals surface area contributed by atoms with Crippen molar-refractivity contribution in [2.45, 2.75) is 26.2 Å².